The second-order valence-electron chi connectivity index (χ2n) is 6.42. The summed E-state index contributed by atoms with van der Waals surface area (Å²) >= 11 is 7.99. The van der Waals surface area contributed by atoms with Gasteiger partial charge < -0.3 is 10.1 Å². The third-order valence-corrected chi connectivity index (χ3v) is 6.31. The maximum atomic E-state index is 6.34. The quantitative estimate of drug-likeness (QED) is 0.853. The first-order valence-electron chi connectivity index (χ1n) is 7.35. The van der Waals surface area contributed by atoms with E-state index in [2.05, 4.69) is 18.3 Å². The maximum Gasteiger partial charge on any atom is 0.106 e. The van der Waals surface area contributed by atoms with E-state index in [1.54, 1.807) is 11.3 Å². The highest BCUT2D eigenvalue weighted by Crippen LogP contribution is 2.50. The number of rotatable bonds is 1. The van der Waals surface area contributed by atoms with E-state index in [0.717, 1.165) is 36.1 Å². The van der Waals surface area contributed by atoms with Gasteiger partial charge in [-0.25, -0.2) is 0 Å². The van der Waals surface area contributed by atoms with Crippen LogP contribution in [0.1, 0.15) is 43.0 Å². The monoisotopic (exact) mass is 297 g/mol. The van der Waals surface area contributed by atoms with Gasteiger partial charge in [0.05, 0.1) is 10.9 Å². The number of hydrogen-bond acceptors (Lipinski definition) is 3. The zero-order chi connectivity index (χ0) is 13.0. The van der Waals surface area contributed by atoms with Gasteiger partial charge in [0.1, 0.15) is 5.60 Å². The summed E-state index contributed by atoms with van der Waals surface area (Å²) in [4.78, 5) is 1.42. The minimum Gasteiger partial charge on any atom is -0.369 e. The van der Waals surface area contributed by atoms with E-state index in [-0.39, 0.29) is 5.60 Å². The predicted molar refractivity (Wildman–Crippen MR) is 79.0 cm³/mol. The van der Waals surface area contributed by atoms with E-state index in [1.165, 1.54) is 23.3 Å². The number of thiophene rings is 1. The summed E-state index contributed by atoms with van der Waals surface area (Å²) in [5.74, 6) is 0.879. The molecular weight excluding hydrogens is 278 g/mol. The largest absolute Gasteiger partial charge is 0.369 e. The zero-order valence-electron chi connectivity index (χ0n) is 11.2. The van der Waals surface area contributed by atoms with E-state index in [4.69, 9.17) is 16.3 Å². The molecule has 0 radical (unpaired) electrons. The highest BCUT2D eigenvalue weighted by molar-refractivity contribution is 7.16. The first kappa shape index (κ1) is 12.6. The predicted octanol–water partition coefficient (Wildman–Crippen LogP) is 3.72. The first-order valence-corrected chi connectivity index (χ1v) is 8.54. The Morgan fingerprint density at radius 2 is 2.26 bits per heavy atom. The summed E-state index contributed by atoms with van der Waals surface area (Å²) in [7, 11) is 0. The second kappa shape index (κ2) is 4.45. The topological polar surface area (TPSA) is 21.3 Å². The molecule has 2 fully saturated rings. The van der Waals surface area contributed by atoms with Gasteiger partial charge in [-0.1, -0.05) is 11.6 Å². The van der Waals surface area contributed by atoms with Crippen molar-refractivity contribution >= 4 is 22.9 Å². The van der Waals surface area contributed by atoms with Gasteiger partial charge in [0.15, 0.2) is 0 Å². The summed E-state index contributed by atoms with van der Waals surface area (Å²) in [6.07, 6.45) is 6.01. The van der Waals surface area contributed by atoms with Gasteiger partial charge >= 0.3 is 0 Å². The molecule has 3 unspecified atom stereocenters. The van der Waals surface area contributed by atoms with Gasteiger partial charge in [0, 0.05) is 17.0 Å². The molecule has 3 atom stereocenters. The average Bonchev–Trinajstić information content (AvgIpc) is 3.12. The van der Waals surface area contributed by atoms with E-state index in [0.29, 0.717) is 12.1 Å². The fourth-order valence-corrected chi connectivity index (χ4v) is 5.37. The average molecular weight is 298 g/mol. The number of halogens is 1. The Morgan fingerprint density at radius 1 is 1.42 bits per heavy atom. The molecule has 1 N–H and O–H groups in total. The highest BCUT2D eigenvalue weighted by atomic mass is 35.5. The lowest BCUT2D eigenvalue weighted by Crippen LogP contribution is -2.54. The number of hydrogen-bond donors (Lipinski definition) is 1. The van der Waals surface area contributed by atoms with Crippen molar-refractivity contribution < 1.29 is 4.74 Å². The smallest absolute Gasteiger partial charge is 0.106 e. The van der Waals surface area contributed by atoms with Crippen molar-refractivity contribution in [1.82, 2.24) is 5.32 Å². The maximum absolute atomic E-state index is 6.34. The molecule has 2 nitrogen and oxygen atoms in total. The normalized spacial score (nSPS) is 38.4. The van der Waals surface area contributed by atoms with Gasteiger partial charge in [0.2, 0.25) is 0 Å². The molecule has 1 aromatic heterocycles. The summed E-state index contributed by atoms with van der Waals surface area (Å²) in [6, 6.07) is 3.33. The van der Waals surface area contributed by atoms with Crippen molar-refractivity contribution in [2.75, 3.05) is 6.61 Å². The molecule has 19 heavy (non-hydrogen) atoms. The molecule has 1 saturated heterocycles. The van der Waals surface area contributed by atoms with Crippen LogP contribution in [0.25, 0.3) is 0 Å². The van der Waals surface area contributed by atoms with Crippen molar-refractivity contribution in [2.24, 2.45) is 5.92 Å². The fourth-order valence-electron chi connectivity index (χ4n) is 3.91. The lowest BCUT2D eigenvalue weighted by atomic mass is 9.78. The van der Waals surface area contributed by atoms with Crippen LogP contribution in [-0.2, 0) is 16.8 Å². The van der Waals surface area contributed by atoms with Crippen molar-refractivity contribution in [3.05, 3.63) is 20.8 Å². The highest BCUT2D eigenvalue weighted by Gasteiger charge is 2.48. The molecule has 3 aliphatic rings. The molecule has 104 valence electrons. The minimum absolute atomic E-state index is 0.0523. The SMILES string of the molecule is CC1CC2(CC(C3CC3)N1)OCCc1cc(Cl)sc12. The van der Waals surface area contributed by atoms with Crippen LogP contribution in [0.3, 0.4) is 0 Å². The number of fused-ring (bicyclic) bond motifs is 2. The molecule has 1 aliphatic carbocycles. The molecule has 1 saturated carbocycles. The molecule has 2 aliphatic heterocycles. The van der Waals surface area contributed by atoms with Gasteiger partial charge in [0.25, 0.3) is 0 Å². The van der Waals surface area contributed by atoms with Crippen molar-refractivity contribution in [1.29, 1.82) is 0 Å². The Kier molecular flexibility index (Phi) is 2.96. The number of piperidine rings is 1. The summed E-state index contributed by atoms with van der Waals surface area (Å²) in [6.45, 7) is 3.15. The second-order valence-corrected chi connectivity index (χ2v) is 8.10. The van der Waals surface area contributed by atoms with Crippen LogP contribution >= 0.6 is 22.9 Å². The van der Waals surface area contributed by atoms with Crippen LogP contribution in [0, 0.1) is 5.92 Å². The van der Waals surface area contributed by atoms with Gasteiger partial charge in [-0.05, 0) is 56.6 Å². The van der Waals surface area contributed by atoms with E-state index in [1.807, 2.05) is 0 Å². The lowest BCUT2D eigenvalue weighted by molar-refractivity contribution is -0.0967. The molecule has 3 heterocycles. The fraction of sp³-hybridized carbons (Fsp3) is 0.733. The summed E-state index contributed by atoms with van der Waals surface area (Å²) in [5.41, 5.74) is 1.38. The molecular formula is C15H20ClNOS. The Labute approximate surface area is 123 Å². The molecule has 0 bridgehead atoms. The van der Waals surface area contributed by atoms with Gasteiger partial charge in [-0.15, -0.1) is 11.3 Å². The van der Waals surface area contributed by atoms with E-state index >= 15 is 0 Å². The first-order chi connectivity index (χ1) is 9.16. The van der Waals surface area contributed by atoms with Crippen LogP contribution < -0.4 is 5.32 Å². The number of ether oxygens (including phenoxy) is 1. The minimum atomic E-state index is -0.0523. The van der Waals surface area contributed by atoms with Crippen LogP contribution in [0.4, 0.5) is 0 Å². The van der Waals surface area contributed by atoms with Gasteiger partial charge in [-0.2, -0.15) is 0 Å². The van der Waals surface area contributed by atoms with Crippen molar-refractivity contribution in [2.45, 2.75) is 56.7 Å². The molecule has 4 rings (SSSR count). The standard InChI is InChI=1S/C15H20ClNOS/c1-9-7-15(8-12(17-9)10-2-3-10)14-11(4-5-18-15)6-13(16)19-14/h6,9-10,12,17H,2-5,7-8H2,1H3. The number of nitrogens with one attached hydrogen (secondary N) is 1. The van der Waals surface area contributed by atoms with E-state index < -0.39 is 0 Å². The Morgan fingerprint density at radius 3 is 3.05 bits per heavy atom. The molecule has 0 aromatic carbocycles. The molecule has 1 aromatic rings. The van der Waals surface area contributed by atoms with Crippen LogP contribution in [0.5, 0.6) is 0 Å². The van der Waals surface area contributed by atoms with Crippen LogP contribution in [0.15, 0.2) is 6.07 Å². The Bertz CT molecular complexity index is 498. The zero-order valence-corrected chi connectivity index (χ0v) is 12.8. The third kappa shape index (κ3) is 2.15. The van der Waals surface area contributed by atoms with E-state index in [9.17, 15) is 0 Å². The van der Waals surface area contributed by atoms with Crippen molar-refractivity contribution in [3.63, 3.8) is 0 Å². The summed E-state index contributed by atoms with van der Waals surface area (Å²) < 4.78 is 7.26. The Hall–Kier alpha value is -0.0900. The summed E-state index contributed by atoms with van der Waals surface area (Å²) in [5, 5.41) is 3.78. The Balaban J connectivity index is 1.71. The van der Waals surface area contributed by atoms with Gasteiger partial charge in [-0.3, -0.25) is 0 Å². The molecule has 0 amide bonds. The third-order valence-electron chi connectivity index (χ3n) is 4.82. The molecule has 1 spiro atoms. The van der Waals surface area contributed by atoms with Crippen LogP contribution in [-0.4, -0.2) is 18.7 Å². The van der Waals surface area contributed by atoms with Crippen LogP contribution in [0.2, 0.25) is 4.34 Å². The molecule has 4 heteroatoms. The lowest BCUT2D eigenvalue weighted by Gasteiger charge is -2.46. The van der Waals surface area contributed by atoms with Crippen molar-refractivity contribution in [3.8, 4) is 0 Å².